The maximum atomic E-state index is 13.8. The summed E-state index contributed by atoms with van der Waals surface area (Å²) < 4.78 is 13.8. The molecule has 1 N–H and O–H groups in total. The minimum absolute atomic E-state index is 0.00235. The van der Waals surface area contributed by atoms with E-state index in [1.54, 1.807) is 4.90 Å². The van der Waals surface area contributed by atoms with Crippen molar-refractivity contribution in [1.82, 2.24) is 9.80 Å². The van der Waals surface area contributed by atoms with Crippen LogP contribution in [0.2, 0.25) is 5.02 Å². The van der Waals surface area contributed by atoms with Gasteiger partial charge < -0.3 is 14.9 Å². The lowest BCUT2D eigenvalue weighted by Crippen LogP contribution is -2.37. The van der Waals surface area contributed by atoms with Crippen molar-refractivity contribution in [3.8, 4) is 0 Å². The number of amides is 1. The number of carbonyl (C=O) groups is 1. The standard InChI is InChI=1S/C14H18ClFN2O2/c1-17(2)12-7-18(6-9(12)8-19)14(20)13-10(15)4-3-5-11(13)16/h3-5,9,12,19H,6-8H2,1-2H3/t9-,12+/m0/s1. The summed E-state index contributed by atoms with van der Waals surface area (Å²) >= 11 is 5.92. The monoisotopic (exact) mass is 300 g/mol. The van der Waals surface area contributed by atoms with E-state index in [9.17, 15) is 14.3 Å². The van der Waals surface area contributed by atoms with Gasteiger partial charge in [0.25, 0.3) is 5.91 Å². The molecule has 0 unspecified atom stereocenters. The Balaban J connectivity index is 2.23. The highest BCUT2D eigenvalue weighted by atomic mass is 35.5. The van der Waals surface area contributed by atoms with E-state index in [-0.39, 0.29) is 29.2 Å². The van der Waals surface area contributed by atoms with Crippen LogP contribution in [0.5, 0.6) is 0 Å². The average molecular weight is 301 g/mol. The average Bonchev–Trinajstić information content (AvgIpc) is 2.82. The van der Waals surface area contributed by atoms with E-state index in [0.717, 1.165) is 0 Å². The van der Waals surface area contributed by atoms with Gasteiger partial charge in [0.2, 0.25) is 0 Å². The van der Waals surface area contributed by atoms with Crippen molar-refractivity contribution >= 4 is 17.5 Å². The first-order chi connectivity index (χ1) is 9.45. The van der Waals surface area contributed by atoms with Crippen LogP contribution in [-0.4, -0.2) is 60.6 Å². The molecule has 1 amide bonds. The Morgan fingerprint density at radius 2 is 2.20 bits per heavy atom. The van der Waals surface area contributed by atoms with Gasteiger partial charge in [-0.1, -0.05) is 17.7 Å². The maximum Gasteiger partial charge on any atom is 0.258 e. The van der Waals surface area contributed by atoms with Crippen molar-refractivity contribution < 1.29 is 14.3 Å². The largest absolute Gasteiger partial charge is 0.396 e. The Bertz CT molecular complexity index is 490. The molecule has 0 radical (unpaired) electrons. The van der Waals surface area contributed by atoms with Gasteiger partial charge in [-0.2, -0.15) is 0 Å². The number of nitrogens with zero attached hydrogens (tertiary/aromatic N) is 2. The molecule has 110 valence electrons. The Morgan fingerprint density at radius 1 is 1.50 bits per heavy atom. The van der Waals surface area contributed by atoms with Crippen molar-refractivity contribution in [2.75, 3.05) is 33.8 Å². The van der Waals surface area contributed by atoms with Crippen molar-refractivity contribution in [3.63, 3.8) is 0 Å². The Labute approximate surface area is 122 Å². The van der Waals surface area contributed by atoms with Gasteiger partial charge in [-0.15, -0.1) is 0 Å². The number of rotatable bonds is 3. The zero-order chi connectivity index (χ0) is 14.9. The first-order valence-corrected chi connectivity index (χ1v) is 6.84. The number of likely N-dealkylation sites (tertiary alicyclic amines) is 1. The minimum atomic E-state index is -0.614. The summed E-state index contributed by atoms with van der Waals surface area (Å²) in [7, 11) is 3.80. The van der Waals surface area contributed by atoms with Gasteiger partial charge in [-0.3, -0.25) is 4.79 Å². The quantitative estimate of drug-likeness (QED) is 0.919. The van der Waals surface area contributed by atoms with Crippen LogP contribution in [0.15, 0.2) is 18.2 Å². The van der Waals surface area contributed by atoms with Crippen molar-refractivity contribution in [2.45, 2.75) is 6.04 Å². The fourth-order valence-electron chi connectivity index (χ4n) is 2.64. The van der Waals surface area contributed by atoms with Gasteiger partial charge in [-0.25, -0.2) is 4.39 Å². The molecule has 2 rings (SSSR count). The highest BCUT2D eigenvalue weighted by molar-refractivity contribution is 6.33. The second-order valence-electron chi connectivity index (χ2n) is 5.28. The van der Waals surface area contributed by atoms with Crippen LogP contribution in [0.3, 0.4) is 0 Å². The third kappa shape index (κ3) is 2.80. The summed E-state index contributed by atoms with van der Waals surface area (Å²) in [5.74, 6) is -1.06. The van der Waals surface area contributed by atoms with E-state index in [2.05, 4.69) is 0 Å². The third-order valence-electron chi connectivity index (χ3n) is 3.77. The summed E-state index contributed by atoms with van der Waals surface area (Å²) in [5.41, 5.74) is -0.0923. The SMILES string of the molecule is CN(C)[C@@H]1CN(C(=O)c2c(F)cccc2Cl)C[C@H]1CO. The molecule has 20 heavy (non-hydrogen) atoms. The summed E-state index contributed by atoms with van der Waals surface area (Å²) in [6.45, 7) is 0.863. The molecule has 1 aromatic rings. The molecule has 0 aliphatic carbocycles. The Morgan fingerprint density at radius 3 is 2.70 bits per heavy atom. The first-order valence-electron chi connectivity index (χ1n) is 6.46. The molecule has 1 heterocycles. The van der Waals surface area contributed by atoms with Gasteiger partial charge in [0.05, 0.1) is 10.6 Å². The molecule has 4 nitrogen and oxygen atoms in total. The molecule has 1 aliphatic rings. The zero-order valence-corrected chi connectivity index (χ0v) is 12.3. The van der Waals surface area contributed by atoms with E-state index in [0.29, 0.717) is 13.1 Å². The van der Waals surface area contributed by atoms with Crippen LogP contribution in [-0.2, 0) is 0 Å². The van der Waals surface area contributed by atoms with Crippen LogP contribution in [0.4, 0.5) is 4.39 Å². The molecule has 0 spiro atoms. The molecule has 1 saturated heterocycles. The Kier molecular flexibility index (Phi) is 4.62. The lowest BCUT2D eigenvalue weighted by atomic mass is 10.0. The van der Waals surface area contributed by atoms with Gasteiger partial charge >= 0.3 is 0 Å². The molecule has 0 bridgehead atoms. The molecular weight excluding hydrogens is 283 g/mol. The number of aliphatic hydroxyl groups is 1. The highest BCUT2D eigenvalue weighted by Crippen LogP contribution is 2.26. The summed E-state index contributed by atoms with van der Waals surface area (Å²) in [6, 6.07) is 4.26. The Hall–Kier alpha value is -1.17. The van der Waals surface area contributed by atoms with Crippen LogP contribution < -0.4 is 0 Å². The number of benzene rings is 1. The molecular formula is C14H18ClFN2O2. The number of halogens is 2. The van der Waals surface area contributed by atoms with E-state index in [4.69, 9.17) is 11.6 Å². The van der Waals surface area contributed by atoms with Crippen LogP contribution in [0, 0.1) is 11.7 Å². The molecule has 1 aliphatic heterocycles. The number of likely N-dealkylation sites (N-methyl/N-ethyl adjacent to an activating group) is 1. The second-order valence-corrected chi connectivity index (χ2v) is 5.69. The van der Waals surface area contributed by atoms with E-state index in [1.807, 2.05) is 19.0 Å². The van der Waals surface area contributed by atoms with Gasteiger partial charge in [-0.05, 0) is 26.2 Å². The first kappa shape index (κ1) is 15.2. The lowest BCUT2D eigenvalue weighted by Gasteiger charge is -2.23. The van der Waals surface area contributed by atoms with Crippen molar-refractivity contribution in [3.05, 3.63) is 34.6 Å². The third-order valence-corrected chi connectivity index (χ3v) is 4.08. The van der Waals surface area contributed by atoms with Gasteiger partial charge in [0.15, 0.2) is 0 Å². The number of aliphatic hydroxyl groups excluding tert-OH is 1. The van der Waals surface area contributed by atoms with Crippen LogP contribution in [0.1, 0.15) is 10.4 Å². The smallest absolute Gasteiger partial charge is 0.258 e. The number of hydrogen-bond donors (Lipinski definition) is 1. The fraction of sp³-hybridized carbons (Fsp3) is 0.500. The number of hydrogen-bond acceptors (Lipinski definition) is 3. The zero-order valence-electron chi connectivity index (χ0n) is 11.5. The maximum absolute atomic E-state index is 13.8. The summed E-state index contributed by atoms with van der Waals surface area (Å²) in [6.07, 6.45) is 0. The minimum Gasteiger partial charge on any atom is -0.396 e. The second kappa shape index (κ2) is 6.08. The predicted molar refractivity (Wildman–Crippen MR) is 75.4 cm³/mol. The van der Waals surface area contributed by atoms with Gasteiger partial charge in [0.1, 0.15) is 5.82 Å². The molecule has 2 atom stereocenters. The van der Waals surface area contributed by atoms with Crippen molar-refractivity contribution in [2.24, 2.45) is 5.92 Å². The fourth-order valence-corrected chi connectivity index (χ4v) is 2.89. The van der Waals surface area contributed by atoms with Crippen LogP contribution in [0.25, 0.3) is 0 Å². The van der Waals surface area contributed by atoms with Gasteiger partial charge in [0, 0.05) is 31.7 Å². The molecule has 1 aromatic carbocycles. The van der Waals surface area contributed by atoms with E-state index >= 15 is 0 Å². The van der Waals surface area contributed by atoms with Crippen molar-refractivity contribution in [1.29, 1.82) is 0 Å². The normalized spacial score (nSPS) is 22.6. The molecule has 1 fully saturated rings. The summed E-state index contributed by atoms with van der Waals surface area (Å²) in [5, 5.41) is 9.51. The highest BCUT2D eigenvalue weighted by Gasteiger charge is 2.37. The van der Waals surface area contributed by atoms with E-state index in [1.165, 1.54) is 18.2 Å². The molecule has 0 saturated carbocycles. The lowest BCUT2D eigenvalue weighted by molar-refractivity contribution is 0.0774. The molecule has 0 aromatic heterocycles. The molecule has 6 heteroatoms. The topological polar surface area (TPSA) is 43.8 Å². The summed E-state index contributed by atoms with van der Waals surface area (Å²) in [4.78, 5) is 15.9. The predicted octanol–water partition coefficient (Wildman–Crippen LogP) is 1.47. The van der Waals surface area contributed by atoms with Crippen LogP contribution >= 0.6 is 11.6 Å². The number of carbonyl (C=O) groups excluding carboxylic acids is 1. The van der Waals surface area contributed by atoms with E-state index < -0.39 is 11.7 Å².